The Hall–Kier alpha value is -1.18. The number of nitriles is 1. The third-order valence-corrected chi connectivity index (χ3v) is 4.25. The summed E-state index contributed by atoms with van der Waals surface area (Å²) in [6.45, 7) is 4.94. The molecule has 2 aromatic rings. The van der Waals surface area contributed by atoms with Gasteiger partial charge in [0.2, 0.25) is 0 Å². The maximum Gasteiger partial charge on any atom is 0.127 e. The number of hydrogen-bond donors (Lipinski definition) is 0. The van der Waals surface area contributed by atoms with E-state index in [0.717, 1.165) is 23.4 Å². The first-order valence-electron chi connectivity index (χ1n) is 6.14. The number of nitrogens with zero attached hydrogens (tertiary/aromatic N) is 3. The van der Waals surface area contributed by atoms with Crippen molar-refractivity contribution in [2.45, 2.75) is 31.0 Å². The van der Waals surface area contributed by atoms with E-state index in [1.54, 1.807) is 17.8 Å². The zero-order valence-electron chi connectivity index (χ0n) is 11.2. The summed E-state index contributed by atoms with van der Waals surface area (Å²) < 4.78 is 2.13. The summed E-state index contributed by atoms with van der Waals surface area (Å²) in [5, 5.41) is 9.35. The van der Waals surface area contributed by atoms with Crippen LogP contribution < -0.4 is 0 Å². The summed E-state index contributed by atoms with van der Waals surface area (Å²) in [5.74, 6) is 0.868. The van der Waals surface area contributed by atoms with Gasteiger partial charge in [-0.15, -0.1) is 11.6 Å². The Labute approximate surface area is 122 Å². The maximum atomic E-state index is 9.02. The minimum absolute atomic E-state index is 0.146. The van der Waals surface area contributed by atoms with Crippen LogP contribution in [0.5, 0.6) is 0 Å². The first-order valence-corrected chi connectivity index (χ1v) is 7.86. The van der Waals surface area contributed by atoms with Gasteiger partial charge in [-0.2, -0.15) is 17.0 Å². The van der Waals surface area contributed by atoms with Crippen LogP contribution in [0, 0.1) is 11.3 Å². The molecule has 5 heteroatoms. The Morgan fingerprint density at radius 2 is 2.21 bits per heavy atom. The molecule has 2 unspecified atom stereocenters. The zero-order valence-corrected chi connectivity index (χ0v) is 12.8. The molecule has 2 atom stereocenters. The van der Waals surface area contributed by atoms with Crippen LogP contribution in [0.3, 0.4) is 0 Å². The highest BCUT2D eigenvalue weighted by Gasteiger charge is 2.16. The van der Waals surface area contributed by atoms with Gasteiger partial charge in [0.1, 0.15) is 5.82 Å². The Balaban J connectivity index is 2.60. The van der Waals surface area contributed by atoms with E-state index in [0.29, 0.717) is 10.8 Å². The number of halogens is 1. The highest BCUT2D eigenvalue weighted by molar-refractivity contribution is 7.99. The van der Waals surface area contributed by atoms with Crippen molar-refractivity contribution in [2.75, 3.05) is 6.26 Å². The van der Waals surface area contributed by atoms with Crippen molar-refractivity contribution >= 4 is 34.4 Å². The van der Waals surface area contributed by atoms with Gasteiger partial charge in [0.25, 0.3) is 0 Å². The van der Waals surface area contributed by atoms with E-state index in [4.69, 9.17) is 16.9 Å². The van der Waals surface area contributed by atoms with Crippen molar-refractivity contribution in [1.82, 2.24) is 9.55 Å². The van der Waals surface area contributed by atoms with E-state index in [1.807, 2.05) is 19.1 Å². The van der Waals surface area contributed by atoms with Crippen LogP contribution in [0.2, 0.25) is 0 Å². The van der Waals surface area contributed by atoms with Gasteiger partial charge in [0, 0.05) is 11.8 Å². The number of hydrogen-bond acceptors (Lipinski definition) is 3. The molecule has 1 heterocycles. The second kappa shape index (κ2) is 5.85. The Bertz CT molecular complexity index is 627. The van der Waals surface area contributed by atoms with Crippen LogP contribution in [-0.4, -0.2) is 21.1 Å². The van der Waals surface area contributed by atoms with E-state index in [2.05, 4.69) is 28.8 Å². The predicted molar refractivity (Wildman–Crippen MR) is 81.7 cm³/mol. The van der Waals surface area contributed by atoms with Crippen LogP contribution in [-0.2, 0) is 6.54 Å². The zero-order chi connectivity index (χ0) is 14.0. The second-order valence-corrected chi connectivity index (χ2v) is 6.49. The molecule has 1 aromatic heterocycles. The molecule has 0 amide bonds. The quantitative estimate of drug-likeness (QED) is 0.801. The lowest BCUT2D eigenvalue weighted by molar-refractivity contribution is 0.665. The van der Waals surface area contributed by atoms with Crippen molar-refractivity contribution in [2.24, 2.45) is 0 Å². The third-order valence-electron chi connectivity index (χ3n) is 3.10. The summed E-state index contributed by atoms with van der Waals surface area (Å²) in [7, 11) is 0. The lowest BCUT2D eigenvalue weighted by Crippen LogP contribution is -2.12. The van der Waals surface area contributed by atoms with E-state index >= 15 is 0 Å². The van der Waals surface area contributed by atoms with Gasteiger partial charge in [-0.1, -0.05) is 6.92 Å². The minimum atomic E-state index is -0.146. The summed E-state index contributed by atoms with van der Waals surface area (Å²) in [4.78, 5) is 4.59. The molecule has 100 valence electrons. The van der Waals surface area contributed by atoms with Crippen molar-refractivity contribution in [1.29, 1.82) is 5.26 Å². The summed E-state index contributed by atoms with van der Waals surface area (Å²) in [5.41, 5.74) is 2.54. The number of thioether (sulfide) groups is 1. The second-order valence-electron chi connectivity index (χ2n) is 4.56. The molecule has 0 saturated heterocycles. The normalized spacial score (nSPS) is 14.3. The van der Waals surface area contributed by atoms with Crippen LogP contribution in [0.15, 0.2) is 18.2 Å². The number of benzene rings is 1. The monoisotopic (exact) mass is 293 g/mol. The van der Waals surface area contributed by atoms with Crippen LogP contribution in [0.4, 0.5) is 0 Å². The first kappa shape index (κ1) is 14.2. The van der Waals surface area contributed by atoms with Gasteiger partial charge in [0.15, 0.2) is 0 Å². The fraction of sp³-hybridized carbons (Fsp3) is 0.429. The lowest BCUT2D eigenvalue weighted by Gasteiger charge is -2.14. The molecule has 19 heavy (non-hydrogen) atoms. The molecule has 0 aliphatic rings. The Kier molecular flexibility index (Phi) is 4.38. The van der Waals surface area contributed by atoms with E-state index in [1.165, 1.54) is 0 Å². The molecule has 0 saturated carbocycles. The lowest BCUT2D eigenvalue weighted by atomic mass is 10.2. The van der Waals surface area contributed by atoms with Crippen LogP contribution in [0.25, 0.3) is 11.0 Å². The maximum absolute atomic E-state index is 9.02. The average molecular weight is 294 g/mol. The molecular formula is C14H16ClN3S. The number of rotatable bonds is 4. The largest absolute Gasteiger partial charge is 0.326 e. The van der Waals surface area contributed by atoms with Crippen molar-refractivity contribution in [3.05, 3.63) is 29.6 Å². The van der Waals surface area contributed by atoms with E-state index in [9.17, 15) is 0 Å². The summed E-state index contributed by atoms with van der Waals surface area (Å²) in [6.07, 6.45) is 2.09. The predicted octanol–water partition coefficient (Wildman–Crippen LogP) is 3.96. The smallest absolute Gasteiger partial charge is 0.127 e. The number of fused-ring (bicyclic) bond motifs is 1. The SMILES string of the molecule is CSC(C)Cn1c(C(C)Cl)nc2ccc(C#N)cc21. The topological polar surface area (TPSA) is 41.6 Å². The molecule has 0 N–H and O–H groups in total. The van der Waals surface area contributed by atoms with Gasteiger partial charge < -0.3 is 4.57 Å². The standard InChI is InChI=1S/C14H16ClN3S/c1-9(19-3)8-18-13-6-11(7-16)4-5-12(13)17-14(18)10(2)15/h4-6,9-10H,8H2,1-3H3. The summed E-state index contributed by atoms with van der Waals surface area (Å²) >= 11 is 8.03. The summed E-state index contributed by atoms with van der Waals surface area (Å²) in [6, 6.07) is 7.74. The molecule has 0 spiro atoms. The average Bonchev–Trinajstić information content (AvgIpc) is 2.76. The molecule has 2 rings (SSSR count). The Morgan fingerprint density at radius 3 is 2.79 bits per heavy atom. The van der Waals surface area contributed by atoms with E-state index < -0.39 is 0 Å². The van der Waals surface area contributed by atoms with Crippen molar-refractivity contribution < 1.29 is 0 Å². The highest BCUT2D eigenvalue weighted by Crippen LogP contribution is 2.26. The molecule has 1 aromatic carbocycles. The van der Waals surface area contributed by atoms with Crippen LogP contribution >= 0.6 is 23.4 Å². The number of alkyl halides is 1. The molecule has 0 radical (unpaired) electrons. The molecule has 0 aliphatic heterocycles. The van der Waals surface area contributed by atoms with Gasteiger partial charge in [-0.3, -0.25) is 0 Å². The molecule has 0 aliphatic carbocycles. The van der Waals surface area contributed by atoms with Gasteiger partial charge in [0.05, 0.1) is 28.0 Å². The molecule has 3 nitrogen and oxygen atoms in total. The number of imidazole rings is 1. The minimum Gasteiger partial charge on any atom is -0.326 e. The van der Waals surface area contributed by atoms with Crippen molar-refractivity contribution in [3.8, 4) is 6.07 Å². The third kappa shape index (κ3) is 2.88. The Morgan fingerprint density at radius 1 is 1.47 bits per heavy atom. The molecular weight excluding hydrogens is 278 g/mol. The van der Waals surface area contributed by atoms with E-state index in [-0.39, 0.29) is 5.38 Å². The number of aromatic nitrogens is 2. The first-order chi connectivity index (χ1) is 9.06. The van der Waals surface area contributed by atoms with Gasteiger partial charge in [-0.05, 0) is 31.4 Å². The van der Waals surface area contributed by atoms with Crippen LogP contribution in [0.1, 0.15) is 30.6 Å². The fourth-order valence-electron chi connectivity index (χ4n) is 2.04. The van der Waals surface area contributed by atoms with Crippen molar-refractivity contribution in [3.63, 3.8) is 0 Å². The molecule has 0 fully saturated rings. The van der Waals surface area contributed by atoms with Gasteiger partial charge in [-0.25, -0.2) is 4.98 Å². The van der Waals surface area contributed by atoms with Gasteiger partial charge >= 0.3 is 0 Å². The molecule has 0 bridgehead atoms. The highest BCUT2D eigenvalue weighted by atomic mass is 35.5. The fourth-order valence-corrected chi connectivity index (χ4v) is 2.50.